The number of anilines is 2. The number of benzene rings is 1. The van der Waals surface area contributed by atoms with Crippen LogP contribution in [0.15, 0.2) is 43.1 Å². The Labute approximate surface area is 153 Å². The van der Waals surface area contributed by atoms with E-state index < -0.39 is 0 Å². The summed E-state index contributed by atoms with van der Waals surface area (Å²) >= 11 is 0. The Morgan fingerprint density at radius 1 is 0.962 bits per heavy atom. The average Bonchev–Trinajstić information content (AvgIpc) is 2.68. The van der Waals surface area contributed by atoms with Crippen LogP contribution in [-0.2, 0) is 6.54 Å². The van der Waals surface area contributed by atoms with E-state index in [-0.39, 0.29) is 0 Å². The molecule has 0 aliphatic carbocycles. The van der Waals surface area contributed by atoms with Crippen LogP contribution in [0.5, 0.6) is 0 Å². The lowest BCUT2D eigenvalue weighted by Crippen LogP contribution is -2.46. The van der Waals surface area contributed by atoms with Gasteiger partial charge in [0, 0.05) is 82.0 Å². The molecule has 134 valence electrons. The highest BCUT2D eigenvalue weighted by molar-refractivity contribution is 5.81. The van der Waals surface area contributed by atoms with Gasteiger partial charge in [0.15, 0.2) is 0 Å². The van der Waals surface area contributed by atoms with Crippen molar-refractivity contribution in [1.29, 1.82) is 0 Å². The highest BCUT2D eigenvalue weighted by atomic mass is 15.3. The highest BCUT2D eigenvalue weighted by Crippen LogP contribution is 2.22. The molecule has 2 aromatic heterocycles. The highest BCUT2D eigenvalue weighted by Gasteiger charge is 2.18. The fourth-order valence-corrected chi connectivity index (χ4v) is 3.25. The summed E-state index contributed by atoms with van der Waals surface area (Å²) in [6, 6.07) is 6.40. The normalized spacial score (nSPS) is 15.4. The molecule has 0 spiro atoms. The van der Waals surface area contributed by atoms with E-state index in [4.69, 9.17) is 0 Å². The Morgan fingerprint density at radius 3 is 2.46 bits per heavy atom. The van der Waals surface area contributed by atoms with Gasteiger partial charge in [-0.2, -0.15) is 0 Å². The zero-order valence-electron chi connectivity index (χ0n) is 15.2. The van der Waals surface area contributed by atoms with Crippen LogP contribution in [0.1, 0.15) is 5.56 Å². The first-order chi connectivity index (χ1) is 12.7. The maximum atomic E-state index is 4.40. The van der Waals surface area contributed by atoms with Gasteiger partial charge in [-0.1, -0.05) is 0 Å². The lowest BCUT2D eigenvalue weighted by Gasteiger charge is -2.36. The van der Waals surface area contributed by atoms with Gasteiger partial charge < -0.3 is 9.80 Å². The van der Waals surface area contributed by atoms with Gasteiger partial charge >= 0.3 is 0 Å². The molecule has 0 bridgehead atoms. The molecular weight excluding hydrogens is 326 g/mol. The number of rotatable bonds is 4. The molecule has 26 heavy (non-hydrogen) atoms. The van der Waals surface area contributed by atoms with Crippen molar-refractivity contribution in [2.45, 2.75) is 6.54 Å². The minimum Gasteiger partial charge on any atom is -0.369 e. The van der Waals surface area contributed by atoms with Crippen molar-refractivity contribution in [3.05, 3.63) is 48.7 Å². The maximum Gasteiger partial charge on any atom is 0.224 e. The van der Waals surface area contributed by atoms with Crippen LogP contribution in [0.2, 0.25) is 0 Å². The minimum absolute atomic E-state index is 0.749. The van der Waals surface area contributed by atoms with Gasteiger partial charge in [0.2, 0.25) is 5.95 Å². The quantitative estimate of drug-likeness (QED) is 0.712. The van der Waals surface area contributed by atoms with Gasteiger partial charge in [0.05, 0.1) is 5.52 Å². The summed E-state index contributed by atoms with van der Waals surface area (Å²) in [5.41, 5.74) is 3.39. The molecule has 0 amide bonds. The van der Waals surface area contributed by atoms with E-state index in [1.54, 1.807) is 6.33 Å². The SMILES string of the molecule is CN(C)c1ncc(CN2CCN(c3ccc4ncncc4c3)CC2)cn1. The summed E-state index contributed by atoms with van der Waals surface area (Å²) in [6.45, 7) is 4.97. The van der Waals surface area contributed by atoms with E-state index in [0.29, 0.717) is 0 Å². The zero-order chi connectivity index (χ0) is 17.9. The second-order valence-corrected chi connectivity index (χ2v) is 6.81. The predicted molar refractivity (Wildman–Crippen MR) is 103 cm³/mol. The van der Waals surface area contributed by atoms with Crippen molar-refractivity contribution in [1.82, 2.24) is 24.8 Å². The van der Waals surface area contributed by atoms with Crippen molar-refractivity contribution in [2.75, 3.05) is 50.1 Å². The third-order valence-electron chi connectivity index (χ3n) is 4.72. The molecule has 0 N–H and O–H groups in total. The molecule has 1 saturated heterocycles. The molecule has 7 heteroatoms. The Balaban J connectivity index is 1.37. The molecule has 3 aromatic rings. The maximum absolute atomic E-state index is 4.40. The van der Waals surface area contributed by atoms with Crippen LogP contribution in [-0.4, -0.2) is 65.1 Å². The van der Waals surface area contributed by atoms with Crippen LogP contribution in [0.3, 0.4) is 0 Å². The topological polar surface area (TPSA) is 61.3 Å². The standard InChI is InChI=1S/C19H23N7/c1-24(2)19-21-10-15(11-22-19)13-25-5-7-26(8-6-25)17-3-4-18-16(9-17)12-20-14-23-18/h3-4,9-12,14H,5-8,13H2,1-2H3. The van der Waals surface area contributed by atoms with Crippen LogP contribution in [0.4, 0.5) is 11.6 Å². The Bertz CT molecular complexity index is 870. The summed E-state index contributed by atoms with van der Waals surface area (Å²) in [5, 5.41) is 1.09. The van der Waals surface area contributed by atoms with E-state index >= 15 is 0 Å². The van der Waals surface area contributed by atoms with Gasteiger partial charge in [0.25, 0.3) is 0 Å². The molecule has 1 fully saturated rings. The van der Waals surface area contributed by atoms with E-state index in [1.165, 1.54) is 5.69 Å². The number of aromatic nitrogens is 4. The van der Waals surface area contributed by atoms with Crippen molar-refractivity contribution in [3.8, 4) is 0 Å². The van der Waals surface area contributed by atoms with Gasteiger partial charge in [-0.25, -0.2) is 19.9 Å². The molecule has 0 atom stereocenters. The van der Waals surface area contributed by atoms with Crippen LogP contribution in [0.25, 0.3) is 10.9 Å². The van der Waals surface area contributed by atoms with Crippen molar-refractivity contribution in [2.24, 2.45) is 0 Å². The first-order valence-electron chi connectivity index (χ1n) is 8.84. The Kier molecular flexibility index (Phi) is 4.62. The first-order valence-corrected chi connectivity index (χ1v) is 8.84. The van der Waals surface area contributed by atoms with E-state index in [1.807, 2.05) is 37.6 Å². The molecular formula is C19H23N7. The largest absolute Gasteiger partial charge is 0.369 e. The summed E-state index contributed by atoms with van der Waals surface area (Å²) in [7, 11) is 3.90. The average molecular weight is 349 g/mol. The van der Waals surface area contributed by atoms with Gasteiger partial charge in [-0.3, -0.25) is 4.90 Å². The molecule has 0 radical (unpaired) electrons. The lowest BCUT2D eigenvalue weighted by atomic mass is 10.2. The number of nitrogens with zero attached hydrogens (tertiary/aromatic N) is 7. The molecule has 3 heterocycles. The molecule has 1 aromatic carbocycles. The van der Waals surface area contributed by atoms with Gasteiger partial charge in [-0.15, -0.1) is 0 Å². The Hall–Kier alpha value is -2.80. The second kappa shape index (κ2) is 7.21. The lowest BCUT2D eigenvalue weighted by molar-refractivity contribution is 0.249. The molecule has 1 aliphatic heterocycles. The van der Waals surface area contributed by atoms with E-state index in [0.717, 1.165) is 55.1 Å². The molecule has 4 rings (SSSR count). The van der Waals surface area contributed by atoms with Crippen molar-refractivity contribution >= 4 is 22.5 Å². The van der Waals surface area contributed by atoms with E-state index in [2.05, 4.69) is 47.9 Å². The number of hydrogen-bond donors (Lipinski definition) is 0. The van der Waals surface area contributed by atoms with Crippen LogP contribution in [0, 0.1) is 0 Å². The third kappa shape index (κ3) is 3.57. The third-order valence-corrected chi connectivity index (χ3v) is 4.72. The predicted octanol–water partition coefficient (Wildman–Crippen LogP) is 1.81. The number of hydrogen-bond acceptors (Lipinski definition) is 7. The van der Waals surface area contributed by atoms with Crippen LogP contribution >= 0.6 is 0 Å². The first kappa shape index (κ1) is 16.7. The van der Waals surface area contributed by atoms with Gasteiger partial charge in [0.1, 0.15) is 6.33 Å². The monoisotopic (exact) mass is 349 g/mol. The van der Waals surface area contributed by atoms with Crippen molar-refractivity contribution in [3.63, 3.8) is 0 Å². The summed E-state index contributed by atoms with van der Waals surface area (Å²) < 4.78 is 0. The molecule has 0 saturated carbocycles. The van der Waals surface area contributed by atoms with Crippen molar-refractivity contribution < 1.29 is 0 Å². The number of piperazine rings is 1. The number of fused-ring (bicyclic) bond motifs is 1. The molecule has 0 unspecified atom stereocenters. The fourth-order valence-electron chi connectivity index (χ4n) is 3.25. The van der Waals surface area contributed by atoms with E-state index in [9.17, 15) is 0 Å². The van der Waals surface area contributed by atoms with Crippen LogP contribution < -0.4 is 9.80 Å². The molecule has 7 nitrogen and oxygen atoms in total. The fraction of sp³-hybridized carbons (Fsp3) is 0.368. The second-order valence-electron chi connectivity index (χ2n) is 6.81. The minimum atomic E-state index is 0.749. The zero-order valence-corrected chi connectivity index (χ0v) is 15.2. The smallest absolute Gasteiger partial charge is 0.224 e. The Morgan fingerprint density at radius 2 is 1.73 bits per heavy atom. The summed E-state index contributed by atoms with van der Waals surface area (Å²) in [6.07, 6.45) is 7.32. The molecule has 1 aliphatic rings. The summed E-state index contributed by atoms with van der Waals surface area (Å²) in [4.78, 5) is 24.0. The summed E-state index contributed by atoms with van der Waals surface area (Å²) in [5.74, 6) is 0.749. The van der Waals surface area contributed by atoms with Gasteiger partial charge in [-0.05, 0) is 18.2 Å².